The quantitative estimate of drug-likeness (QED) is 0.729. The molecule has 1 heterocycles. The molecule has 1 aliphatic rings. The van der Waals surface area contributed by atoms with Gasteiger partial charge in [-0.1, -0.05) is 12.1 Å². The van der Waals surface area contributed by atoms with Crippen LogP contribution in [0.2, 0.25) is 0 Å². The summed E-state index contributed by atoms with van der Waals surface area (Å²) in [5, 5.41) is 13.9. The van der Waals surface area contributed by atoms with E-state index < -0.39 is 0 Å². The second-order valence-electron chi connectivity index (χ2n) is 4.69. The predicted molar refractivity (Wildman–Crippen MR) is 64.2 cm³/mol. The van der Waals surface area contributed by atoms with Gasteiger partial charge in [0.1, 0.15) is 0 Å². The second-order valence-corrected chi connectivity index (χ2v) is 4.69. The monoisotopic (exact) mass is 216 g/mol. The molecule has 3 heteroatoms. The Labute approximate surface area is 94.5 Å². The number of fused-ring (bicyclic) bond motifs is 1. The van der Waals surface area contributed by atoms with Crippen LogP contribution in [0.5, 0.6) is 0 Å². The van der Waals surface area contributed by atoms with E-state index in [2.05, 4.69) is 34.6 Å². The van der Waals surface area contributed by atoms with Gasteiger partial charge >= 0.3 is 0 Å². The van der Waals surface area contributed by atoms with Gasteiger partial charge < -0.3 is 15.4 Å². The van der Waals surface area contributed by atoms with Crippen molar-refractivity contribution in [1.82, 2.24) is 10.3 Å². The minimum absolute atomic E-state index is 0.0185. The lowest BCUT2D eigenvalue weighted by molar-refractivity contribution is 0.229. The zero-order valence-corrected chi connectivity index (χ0v) is 9.16. The molecule has 3 nitrogen and oxygen atoms in total. The van der Waals surface area contributed by atoms with E-state index in [0.717, 1.165) is 19.4 Å². The van der Waals surface area contributed by atoms with Crippen LogP contribution in [0, 0.1) is 0 Å². The number of aliphatic hydroxyl groups excluding tert-OH is 1. The van der Waals surface area contributed by atoms with Crippen LogP contribution in [0.1, 0.15) is 18.4 Å². The van der Waals surface area contributed by atoms with Crippen molar-refractivity contribution in [3.05, 3.63) is 36.0 Å². The summed E-state index contributed by atoms with van der Waals surface area (Å²) < 4.78 is 0. The first-order chi connectivity index (χ1) is 7.81. The van der Waals surface area contributed by atoms with Gasteiger partial charge in [-0.2, -0.15) is 0 Å². The number of aromatic nitrogens is 1. The van der Waals surface area contributed by atoms with Gasteiger partial charge in [-0.25, -0.2) is 0 Å². The highest BCUT2D eigenvalue weighted by atomic mass is 16.3. The minimum atomic E-state index is 0.0185. The third-order valence-electron chi connectivity index (χ3n) is 3.44. The maximum absolute atomic E-state index is 9.20. The van der Waals surface area contributed by atoms with Crippen molar-refractivity contribution >= 4 is 10.9 Å². The highest BCUT2D eigenvalue weighted by molar-refractivity contribution is 5.79. The van der Waals surface area contributed by atoms with Gasteiger partial charge in [0.25, 0.3) is 0 Å². The Balaban J connectivity index is 1.74. The lowest BCUT2D eigenvalue weighted by Crippen LogP contribution is -2.34. The summed E-state index contributed by atoms with van der Waals surface area (Å²) in [7, 11) is 0. The fraction of sp³-hybridized carbons (Fsp3) is 0.385. The first-order valence-corrected chi connectivity index (χ1v) is 5.73. The molecule has 1 aliphatic carbocycles. The molecule has 0 amide bonds. The molecule has 0 radical (unpaired) electrons. The van der Waals surface area contributed by atoms with E-state index in [1.165, 1.54) is 16.5 Å². The van der Waals surface area contributed by atoms with Crippen LogP contribution < -0.4 is 5.32 Å². The smallest absolute Gasteiger partial charge is 0.0613 e. The molecule has 1 aromatic heterocycles. The standard InChI is InChI=1S/C13H16N2O/c16-9-13(4-5-13)15-8-10-1-2-11-3-6-14-12(11)7-10/h1-3,6-7,14-16H,4-5,8-9H2. The number of aromatic amines is 1. The zero-order chi connectivity index (χ0) is 11.0. The van der Waals surface area contributed by atoms with Crippen molar-refractivity contribution in [2.45, 2.75) is 24.9 Å². The highest BCUT2D eigenvalue weighted by Gasteiger charge is 2.41. The normalized spacial score (nSPS) is 17.8. The first kappa shape index (κ1) is 9.87. The van der Waals surface area contributed by atoms with Crippen molar-refractivity contribution in [2.24, 2.45) is 0 Å². The van der Waals surface area contributed by atoms with Crippen molar-refractivity contribution in [1.29, 1.82) is 0 Å². The average Bonchev–Trinajstić information content (AvgIpc) is 2.96. The van der Waals surface area contributed by atoms with Crippen LogP contribution in [-0.4, -0.2) is 22.2 Å². The number of rotatable bonds is 4. The van der Waals surface area contributed by atoms with E-state index in [4.69, 9.17) is 0 Å². The Morgan fingerprint density at radius 3 is 2.94 bits per heavy atom. The van der Waals surface area contributed by atoms with E-state index in [9.17, 15) is 5.11 Å². The van der Waals surface area contributed by atoms with Crippen LogP contribution in [0.4, 0.5) is 0 Å². The van der Waals surface area contributed by atoms with Crippen LogP contribution in [0.15, 0.2) is 30.5 Å². The minimum Gasteiger partial charge on any atom is -0.394 e. The molecule has 0 aliphatic heterocycles. The molecule has 0 atom stereocenters. The fourth-order valence-electron chi connectivity index (χ4n) is 2.04. The van der Waals surface area contributed by atoms with Crippen molar-refractivity contribution < 1.29 is 5.11 Å². The Bertz CT molecular complexity index is 499. The molecule has 84 valence electrons. The molecule has 1 saturated carbocycles. The molecule has 2 aromatic rings. The number of aliphatic hydroxyl groups is 1. The SMILES string of the molecule is OCC1(NCc2ccc3cc[nH]c3c2)CC1. The Kier molecular flexibility index (Phi) is 2.23. The summed E-state index contributed by atoms with van der Waals surface area (Å²) in [4.78, 5) is 3.21. The fourth-order valence-corrected chi connectivity index (χ4v) is 2.04. The van der Waals surface area contributed by atoms with E-state index >= 15 is 0 Å². The number of nitrogens with one attached hydrogen (secondary N) is 2. The van der Waals surface area contributed by atoms with Gasteiger partial charge in [0, 0.05) is 23.8 Å². The molecule has 16 heavy (non-hydrogen) atoms. The summed E-state index contributed by atoms with van der Waals surface area (Å²) in [6.45, 7) is 1.08. The van der Waals surface area contributed by atoms with Crippen molar-refractivity contribution in [2.75, 3.05) is 6.61 Å². The molecule has 0 saturated heterocycles. The predicted octanol–water partition coefficient (Wildman–Crippen LogP) is 1.78. The number of benzene rings is 1. The number of hydrogen-bond donors (Lipinski definition) is 3. The van der Waals surface area contributed by atoms with Gasteiger partial charge in [-0.15, -0.1) is 0 Å². The van der Waals surface area contributed by atoms with Crippen molar-refractivity contribution in [3.63, 3.8) is 0 Å². The molecule has 0 spiro atoms. The maximum Gasteiger partial charge on any atom is 0.0613 e. The summed E-state index contributed by atoms with van der Waals surface area (Å²) in [6, 6.07) is 8.50. The van der Waals surface area contributed by atoms with Crippen LogP contribution >= 0.6 is 0 Å². The molecule has 1 aromatic carbocycles. The molecule has 3 rings (SSSR count). The van der Waals surface area contributed by atoms with Gasteiger partial charge in [-0.05, 0) is 35.9 Å². The van der Waals surface area contributed by atoms with Gasteiger partial charge in [0.2, 0.25) is 0 Å². The second kappa shape index (κ2) is 3.61. The molecular weight excluding hydrogens is 200 g/mol. The Morgan fingerprint density at radius 2 is 2.19 bits per heavy atom. The lowest BCUT2D eigenvalue weighted by Gasteiger charge is -2.14. The van der Waals surface area contributed by atoms with Gasteiger partial charge in [-0.3, -0.25) is 0 Å². The largest absolute Gasteiger partial charge is 0.394 e. The van der Waals surface area contributed by atoms with Crippen LogP contribution in [0.25, 0.3) is 10.9 Å². The summed E-state index contributed by atoms with van der Waals surface area (Å²) in [6.07, 6.45) is 4.14. The average molecular weight is 216 g/mol. The number of hydrogen-bond acceptors (Lipinski definition) is 2. The molecule has 1 fully saturated rings. The summed E-state index contributed by atoms with van der Waals surface area (Å²) in [5.74, 6) is 0. The topological polar surface area (TPSA) is 48.0 Å². The maximum atomic E-state index is 9.20. The molecule has 0 bridgehead atoms. The summed E-state index contributed by atoms with van der Waals surface area (Å²) in [5.41, 5.74) is 2.45. The van der Waals surface area contributed by atoms with Crippen LogP contribution in [0.3, 0.4) is 0 Å². The number of H-pyrrole nitrogens is 1. The zero-order valence-electron chi connectivity index (χ0n) is 9.16. The van der Waals surface area contributed by atoms with E-state index in [1.54, 1.807) is 0 Å². The molecule has 0 unspecified atom stereocenters. The Hall–Kier alpha value is -1.32. The van der Waals surface area contributed by atoms with E-state index in [-0.39, 0.29) is 12.1 Å². The van der Waals surface area contributed by atoms with Crippen molar-refractivity contribution in [3.8, 4) is 0 Å². The Morgan fingerprint density at radius 1 is 1.31 bits per heavy atom. The summed E-state index contributed by atoms with van der Waals surface area (Å²) >= 11 is 0. The lowest BCUT2D eigenvalue weighted by atomic mass is 10.1. The third-order valence-corrected chi connectivity index (χ3v) is 3.44. The highest BCUT2D eigenvalue weighted by Crippen LogP contribution is 2.34. The third kappa shape index (κ3) is 1.72. The molecule has 3 N–H and O–H groups in total. The van der Waals surface area contributed by atoms with E-state index in [1.807, 2.05) is 6.20 Å². The van der Waals surface area contributed by atoms with Gasteiger partial charge in [0.15, 0.2) is 0 Å². The molecular formula is C13H16N2O. The van der Waals surface area contributed by atoms with E-state index in [0.29, 0.717) is 0 Å². The first-order valence-electron chi connectivity index (χ1n) is 5.73. The van der Waals surface area contributed by atoms with Gasteiger partial charge in [0.05, 0.1) is 6.61 Å². The van der Waals surface area contributed by atoms with Crippen LogP contribution in [-0.2, 0) is 6.54 Å².